The quantitative estimate of drug-likeness (QED) is 0.238. The summed E-state index contributed by atoms with van der Waals surface area (Å²) in [5.74, 6) is 2.55. The molecule has 2 unspecified atom stereocenters. The Labute approximate surface area is 169 Å². The first-order valence-corrected chi connectivity index (χ1v) is 19.8. The van der Waals surface area contributed by atoms with E-state index in [2.05, 4.69) is 80.7 Å². The summed E-state index contributed by atoms with van der Waals surface area (Å²) in [7, 11) is 2.19. The Bertz CT molecular complexity index is 444. The van der Waals surface area contributed by atoms with E-state index in [1.54, 1.807) is 4.40 Å². The van der Waals surface area contributed by atoms with Crippen molar-refractivity contribution in [1.29, 1.82) is 0 Å². The maximum absolute atomic E-state index is 5.58. The van der Waals surface area contributed by atoms with Gasteiger partial charge in [-0.05, 0) is 0 Å². The van der Waals surface area contributed by atoms with Crippen molar-refractivity contribution >= 4 is 35.6 Å². The molecule has 0 aliphatic rings. The van der Waals surface area contributed by atoms with Gasteiger partial charge >= 0.3 is 170 Å². The van der Waals surface area contributed by atoms with Crippen LogP contribution in [0.1, 0.15) is 26.7 Å². The molecule has 0 saturated heterocycles. The van der Waals surface area contributed by atoms with Crippen LogP contribution in [0.15, 0.2) is 30.3 Å². The monoisotopic (exact) mass is 460 g/mol. The molecule has 1 rings (SSSR count). The molecular formula is C19H38GeN4S2. The van der Waals surface area contributed by atoms with Gasteiger partial charge in [-0.15, -0.1) is 0 Å². The summed E-state index contributed by atoms with van der Waals surface area (Å²) in [5.41, 5.74) is 11.2. The van der Waals surface area contributed by atoms with Crippen LogP contribution in [0.25, 0.3) is 0 Å². The Morgan fingerprint density at radius 2 is 1.35 bits per heavy atom. The average Bonchev–Trinajstić information content (AvgIpc) is 2.63. The number of hydrogen-bond acceptors (Lipinski definition) is 6. The van der Waals surface area contributed by atoms with Crippen molar-refractivity contribution in [3.05, 3.63) is 30.3 Å². The zero-order chi connectivity index (χ0) is 19.3. The van der Waals surface area contributed by atoms with Crippen molar-refractivity contribution < 1.29 is 0 Å². The first-order chi connectivity index (χ1) is 12.5. The molecule has 0 bridgehead atoms. The van der Waals surface area contributed by atoms with E-state index in [4.69, 9.17) is 11.5 Å². The molecule has 0 amide bonds. The van der Waals surface area contributed by atoms with Gasteiger partial charge in [0.15, 0.2) is 0 Å². The molecule has 150 valence electrons. The SMILES string of the molecule is CC(CNCCCN)[S][Ge]([CH3])([S]C(C)CNCCCN)[c]1ccccc1. The molecule has 0 spiro atoms. The second-order valence-corrected chi connectivity index (χ2v) is 26.9. The molecule has 0 radical (unpaired) electrons. The molecule has 1 aromatic carbocycles. The third-order valence-corrected chi connectivity index (χ3v) is 25.2. The van der Waals surface area contributed by atoms with E-state index in [1.165, 1.54) is 0 Å². The summed E-state index contributed by atoms with van der Waals surface area (Å²) < 4.78 is 1.57. The summed E-state index contributed by atoms with van der Waals surface area (Å²) in [4.78, 5) is 0. The zero-order valence-corrected chi connectivity index (χ0v) is 20.4. The van der Waals surface area contributed by atoms with E-state index in [9.17, 15) is 0 Å². The van der Waals surface area contributed by atoms with Gasteiger partial charge in [0.25, 0.3) is 0 Å². The summed E-state index contributed by atoms with van der Waals surface area (Å²) in [6.45, 7) is 10.4. The van der Waals surface area contributed by atoms with Crippen LogP contribution >= 0.6 is 20.2 Å². The summed E-state index contributed by atoms with van der Waals surface area (Å²) in [5, 5.41) is 8.34. The molecule has 0 aliphatic heterocycles. The van der Waals surface area contributed by atoms with Gasteiger partial charge in [-0.1, -0.05) is 0 Å². The fourth-order valence-corrected chi connectivity index (χ4v) is 26.9. The zero-order valence-electron chi connectivity index (χ0n) is 16.7. The first-order valence-electron chi connectivity index (χ1n) is 9.74. The van der Waals surface area contributed by atoms with Gasteiger partial charge in [-0.2, -0.15) is 0 Å². The Kier molecular flexibility index (Phi) is 13.4. The molecule has 6 N–H and O–H groups in total. The van der Waals surface area contributed by atoms with Gasteiger partial charge in [0.1, 0.15) is 0 Å². The predicted octanol–water partition coefficient (Wildman–Crippen LogP) is 2.09. The topological polar surface area (TPSA) is 76.1 Å². The van der Waals surface area contributed by atoms with E-state index in [-0.39, 0.29) is 0 Å². The average molecular weight is 459 g/mol. The van der Waals surface area contributed by atoms with E-state index in [1.807, 2.05) is 0 Å². The van der Waals surface area contributed by atoms with Crippen LogP contribution in [-0.4, -0.2) is 60.7 Å². The third-order valence-electron chi connectivity index (χ3n) is 4.13. The molecule has 0 fully saturated rings. The van der Waals surface area contributed by atoms with Crippen molar-refractivity contribution in [3.8, 4) is 0 Å². The van der Waals surface area contributed by atoms with Gasteiger partial charge in [0.05, 0.1) is 0 Å². The standard InChI is InChI=1S/C19H38GeN4S2/c1-17(15-23-13-7-11-21)25-20(3,19-9-5-4-6-10-19)26-18(2)16-24-14-8-12-22/h4-6,9-10,17-18,23-24H,7-8,11-16,21-22H2,1-3H3. The fraction of sp³-hybridized carbons (Fsp3) is 0.684. The van der Waals surface area contributed by atoms with Crippen LogP contribution < -0.4 is 26.5 Å². The van der Waals surface area contributed by atoms with Crippen LogP contribution in [0.4, 0.5) is 0 Å². The molecule has 26 heavy (non-hydrogen) atoms. The Morgan fingerprint density at radius 1 is 0.885 bits per heavy atom. The normalized spacial score (nSPS) is 16.2. The molecule has 0 saturated carbocycles. The van der Waals surface area contributed by atoms with Crippen molar-refractivity contribution in [2.45, 2.75) is 42.9 Å². The molecule has 4 nitrogen and oxygen atoms in total. The summed E-state index contributed by atoms with van der Waals surface area (Å²) >= 11 is 0. The number of nitrogens with one attached hydrogen (secondary N) is 2. The van der Waals surface area contributed by atoms with Crippen LogP contribution in [0.3, 0.4) is 0 Å². The van der Waals surface area contributed by atoms with Gasteiger partial charge in [-0.25, -0.2) is 0 Å². The second-order valence-electron chi connectivity index (χ2n) is 6.86. The van der Waals surface area contributed by atoms with E-state index < -0.39 is 11.0 Å². The van der Waals surface area contributed by atoms with E-state index in [0.29, 0.717) is 10.5 Å². The molecular weight excluding hydrogens is 421 g/mol. The van der Waals surface area contributed by atoms with Gasteiger partial charge in [0, 0.05) is 0 Å². The Hall–Kier alpha value is 0.303. The fourth-order valence-electron chi connectivity index (χ4n) is 2.82. The van der Waals surface area contributed by atoms with Crippen LogP contribution in [-0.2, 0) is 0 Å². The van der Waals surface area contributed by atoms with Gasteiger partial charge < -0.3 is 0 Å². The second kappa shape index (κ2) is 14.3. The number of rotatable bonds is 15. The van der Waals surface area contributed by atoms with E-state index >= 15 is 0 Å². The van der Waals surface area contributed by atoms with Crippen LogP contribution in [0.2, 0.25) is 5.76 Å². The van der Waals surface area contributed by atoms with Crippen molar-refractivity contribution in [3.63, 3.8) is 0 Å². The number of nitrogens with two attached hydrogens (primary N) is 2. The number of hydrogen-bond donors (Lipinski definition) is 4. The minimum atomic E-state index is -2.29. The Balaban J connectivity index is 2.65. The first kappa shape index (κ1) is 24.3. The number of benzene rings is 1. The molecule has 0 aliphatic carbocycles. The van der Waals surface area contributed by atoms with Crippen LogP contribution in [0.5, 0.6) is 0 Å². The molecule has 2 atom stereocenters. The molecule has 1 aromatic rings. The van der Waals surface area contributed by atoms with Gasteiger partial charge in [-0.3, -0.25) is 0 Å². The van der Waals surface area contributed by atoms with Crippen molar-refractivity contribution in [2.75, 3.05) is 39.3 Å². The Morgan fingerprint density at radius 3 is 1.77 bits per heavy atom. The summed E-state index contributed by atoms with van der Waals surface area (Å²) in [6, 6.07) is 11.2. The molecule has 0 heterocycles. The third kappa shape index (κ3) is 10.0. The summed E-state index contributed by atoms with van der Waals surface area (Å²) in [6.07, 6.45) is 2.10. The van der Waals surface area contributed by atoms with Crippen molar-refractivity contribution in [2.24, 2.45) is 11.5 Å². The minimum absolute atomic E-state index is 0.614. The van der Waals surface area contributed by atoms with Crippen molar-refractivity contribution in [1.82, 2.24) is 10.6 Å². The maximum atomic E-state index is 5.58. The predicted molar refractivity (Wildman–Crippen MR) is 125 cm³/mol. The molecule has 7 heteroatoms. The van der Waals surface area contributed by atoms with Crippen LogP contribution in [0, 0.1) is 0 Å². The molecule has 0 aromatic heterocycles. The van der Waals surface area contributed by atoms with Gasteiger partial charge in [0.2, 0.25) is 0 Å². The van der Waals surface area contributed by atoms with E-state index in [0.717, 1.165) is 52.1 Å².